The second-order valence-electron chi connectivity index (χ2n) is 3.55. The summed E-state index contributed by atoms with van der Waals surface area (Å²) in [5.74, 6) is 0.124. The summed E-state index contributed by atoms with van der Waals surface area (Å²) in [6.07, 6.45) is 1.58. The first-order valence-electron chi connectivity index (χ1n) is 5.22. The Morgan fingerprint density at radius 3 is 2.89 bits per heavy atom. The number of hydrogen-bond acceptors (Lipinski definition) is 6. The van der Waals surface area contributed by atoms with Crippen LogP contribution >= 0.6 is 11.3 Å². The minimum Gasteiger partial charge on any atom is -0.309 e. The standard InChI is InChI=1S/C11H8N6OS/c1-7-15-8(4-12)9(5-13)17(7)6-10(18)16-11-14-2-3-19-11/h2-3H,6H2,1H3,(H,14,16,18). The van der Waals surface area contributed by atoms with Crippen LogP contribution in [0.2, 0.25) is 0 Å². The van der Waals surface area contributed by atoms with Crippen molar-refractivity contribution in [3.05, 3.63) is 28.8 Å². The third-order valence-electron chi connectivity index (χ3n) is 2.35. The second kappa shape index (κ2) is 5.29. The molecule has 19 heavy (non-hydrogen) atoms. The third kappa shape index (κ3) is 2.59. The zero-order chi connectivity index (χ0) is 13.8. The molecule has 0 aliphatic rings. The zero-order valence-corrected chi connectivity index (χ0v) is 10.7. The molecule has 0 radical (unpaired) electrons. The quantitative estimate of drug-likeness (QED) is 0.897. The summed E-state index contributed by atoms with van der Waals surface area (Å²) in [5, 5.41) is 22.7. The van der Waals surface area contributed by atoms with E-state index in [2.05, 4.69) is 15.3 Å². The van der Waals surface area contributed by atoms with Gasteiger partial charge in [-0.05, 0) is 6.92 Å². The van der Waals surface area contributed by atoms with Gasteiger partial charge in [0.2, 0.25) is 5.91 Å². The highest BCUT2D eigenvalue weighted by atomic mass is 32.1. The summed E-state index contributed by atoms with van der Waals surface area (Å²) in [7, 11) is 0. The Morgan fingerprint density at radius 2 is 2.32 bits per heavy atom. The van der Waals surface area contributed by atoms with Gasteiger partial charge in [0.25, 0.3) is 0 Å². The average molecular weight is 272 g/mol. The van der Waals surface area contributed by atoms with E-state index < -0.39 is 0 Å². The zero-order valence-electron chi connectivity index (χ0n) is 9.91. The molecule has 0 spiro atoms. The molecule has 1 N–H and O–H groups in total. The fourth-order valence-electron chi connectivity index (χ4n) is 1.54. The van der Waals surface area contributed by atoms with Crippen LogP contribution in [0.25, 0.3) is 0 Å². The highest BCUT2D eigenvalue weighted by Gasteiger charge is 2.16. The van der Waals surface area contributed by atoms with Gasteiger partial charge in [0.05, 0.1) is 0 Å². The molecule has 0 saturated carbocycles. The van der Waals surface area contributed by atoms with E-state index in [4.69, 9.17) is 10.5 Å². The molecule has 7 nitrogen and oxygen atoms in total. The lowest BCUT2D eigenvalue weighted by Gasteiger charge is -2.05. The lowest BCUT2D eigenvalue weighted by molar-refractivity contribution is -0.116. The first-order chi connectivity index (χ1) is 9.15. The molecule has 0 aliphatic carbocycles. The maximum absolute atomic E-state index is 11.8. The van der Waals surface area contributed by atoms with Crippen molar-refractivity contribution in [2.75, 3.05) is 5.32 Å². The summed E-state index contributed by atoms with van der Waals surface area (Å²) in [6.45, 7) is 1.56. The SMILES string of the molecule is Cc1nc(C#N)c(C#N)n1CC(=O)Nc1nccs1. The molecule has 0 unspecified atom stereocenters. The predicted molar refractivity (Wildman–Crippen MR) is 67.1 cm³/mol. The van der Waals surface area contributed by atoms with Crippen LogP contribution < -0.4 is 5.32 Å². The van der Waals surface area contributed by atoms with Crippen LogP contribution in [0.3, 0.4) is 0 Å². The van der Waals surface area contributed by atoms with Gasteiger partial charge in [-0.3, -0.25) is 4.79 Å². The topological polar surface area (TPSA) is 107 Å². The molecule has 0 fully saturated rings. The predicted octanol–water partition coefficient (Wildman–Crippen LogP) is 1.03. The van der Waals surface area contributed by atoms with E-state index in [9.17, 15) is 4.79 Å². The Labute approximate surface area is 112 Å². The van der Waals surface area contributed by atoms with Gasteiger partial charge in [0.1, 0.15) is 24.5 Å². The molecule has 0 bridgehead atoms. The number of nitriles is 2. The molecule has 8 heteroatoms. The van der Waals surface area contributed by atoms with E-state index in [1.54, 1.807) is 18.5 Å². The number of anilines is 1. The Balaban J connectivity index is 2.20. The van der Waals surface area contributed by atoms with E-state index >= 15 is 0 Å². The van der Waals surface area contributed by atoms with E-state index in [-0.39, 0.29) is 23.8 Å². The van der Waals surface area contributed by atoms with Crippen molar-refractivity contribution in [1.82, 2.24) is 14.5 Å². The number of nitrogens with zero attached hydrogens (tertiary/aromatic N) is 5. The van der Waals surface area contributed by atoms with Crippen LogP contribution in [-0.2, 0) is 11.3 Å². The number of nitrogens with one attached hydrogen (secondary N) is 1. The molecule has 0 aliphatic heterocycles. The number of carbonyl (C=O) groups excluding carboxylic acids is 1. The van der Waals surface area contributed by atoms with E-state index in [1.807, 2.05) is 12.1 Å². The van der Waals surface area contributed by atoms with E-state index in [1.165, 1.54) is 15.9 Å². The molecule has 2 aromatic heterocycles. The molecule has 0 aromatic carbocycles. The normalized spacial score (nSPS) is 9.63. The van der Waals surface area contributed by atoms with Gasteiger partial charge in [-0.25, -0.2) is 9.97 Å². The molecule has 0 atom stereocenters. The van der Waals surface area contributed by atoms with Crippen molar-refractivity contribution in [3.63, 3.8) is 0 Å². The Hall–Kier alpha value is -2.71. The van der Waals surface area contributed by atoms with Crippen LogP contribution in [0.4, 0.5) is 5.13 Å². The number of carbonyl (C=O) groups is 1. The average Bonchev–Trinajstić information content (AvgIpc) is 2.98. The van der Waals surface area contributed by atoms with Crippen molar-refractivity contribution in [1.29, 1.82) is 10.5 Å². The van der Waals surface area contributed by atoms with Gasteiger partial charge in [-0.15, -0.1) is 11.3 Å². The van der Waals surface area contributed by atoms with Crippen molar-refractivity contribution < 1.29 is 4.79 Å². The Morgan fingerprint density at radius 1 is 1.53 bits per heavy atom. The fraction of sp³-hybridized carbons (Fsp3) is 0.182. The molecule has 2 rings (SSSR count). The maximum atomic E-state index is 11.8. The second-order valence-corrected chi connectivity index (χ2v) is 4.45. The number of aryl methyl sites for hydroxylation is 1. The number of thiazole rings is 1. The molecule has 0 saturated heterocycles. The molecule has 94 valence electrons. The van der Waals surface area contributed by atoms with Crippen LogP contribution in [0.5, 0.6) is 0 Å². The van der Waals surface area contributed by atoms with Gasteiger partial charge in [-0.1, -0.05) is 0 Å². The van der Waals surface area contributed by atoms with Crippen LogP contribution in [0.1, 0.15) is 17.2 Å². The van der Waals surface area contributed by atoms with Crippen molar-refractivity contribution >= 4 is 22.4 Å². The number of hydrogen-bond donors (Lipinski definition) is 1. The minimum absolute atomic E-state index is 0.0297. The summed E-state index contributed by atoms with van der Waals surface area (Å²) in [6, 6.07) is 3.72. The maximum Gasteiger partial charge on any atom is 0.246 e. The van der Waals surface area contributed by atoms with Crippen LogP contribution in [-0.4, -0.2) is 20.4 Å². The minimum atomic E-state index is -0.323. The van der Waals surface area contributed by atoms with Crippen molar-refractivity contribution in [2.45, 2.75) is 13.5 Å². The van der Waals surface area contributed by atoms with Crippen molar-refractivity contribution in [3.8, 4) is 12.1 Å². The third-order valence-corrected chi connectivity index (χ3v) is 3.04. The van der Waals surface area contributed by atoms with E-state index in [0.29, 0.717) is 11.0 Å². The highest BCUT2D eigenvalue weighted by Crippen LogP contribution is 2.12. The molecule has 1 amide bonds. The highest BCUT2D eigenvalue weighted by molar-refractivity contribution is 7.13. The number of aromatic nitrogens is 3. The molecular formula is C11H8N6OS. The lowest BCUT2D eigenvalue weighted by Crippen LogP contribution is -2.20. The Kier molecular flexibility index (Phi) is 3.55. The first-order valence-corrected chi connectivity index (χ1v) is 6.10. The summed E-state index contributed by atoms with van der Waals surface area (Å²) in [4.78, 5) is 19.7. The summed E-state index contributed by atoms with van der Waals surface area (Å²) in [5.41, 5.74) is 0.122. The number of rotatable bonds is 3. The molecule has 2 heterocycles. The number of imidazole rings is 1. The Bertz CT molecular complexity index is 688. The van der Waals surface area contributed by atoms with Gasteiger partial charge in [0.15, 0.2) is 16.5 Å². The van der Waals surface area contributed by atoms with Crippen molar-refractivity contribution in [2.24, 2.45) is 0 Å². The monoisotopic (exact) mass is 272 g/mol. The smallest absolute Gasteiger partial charge is 0.246 e. The fourth-order valence-corrected chi connectivity index (χ4v) is 2.08. The van der Waals surface area contributed by atoms with Crippen LogP contribution in [0.15, 0.2) is 11.6 Å². The molecule has 2 aromatic rings. The molecular weight excluding hydrogens is 264 g/mol. The largest absolute Gasteiger partial charge is 0.309 e. The summed E-state index contributed by atoms with van der Waals surface area (Å²) >= 11 is 1.30. The van der Waals surface area contributed by atoms with Gasteiger partial charge in [0, 0.05) is 11.6 Å². The van der Waals surface area contributed by atoms with Gasteiger partial charge < -0.3 is 9.88 Å². The van der Waals surface area contributed by atoms with Gasteiger partial charge in [-0.2, -0.15) is 10.5 Å². The van der Waals surface area contributed by atoms with Gasteiger partial charge >= 0.3 is 0 Å². The van der Waals surface area contributed by atoms with Crippen LogP contribution in [0, 0.1) is 29.6 Å². The number of amides is 1. The lowest BCUT2D eigenvalue weighted by atomic mass is 10.3. The first kappa shape index (κ1) is 12.7. The van der Waals surface area contributed by atoms with E-state index in [0.717, 1.165) is 0 Å². The summed E-state index contributed by atoms with van der Waals surface area (Å²) < 4.78 is 1.40.